The Hall–Kier alpha value is -0.810. The Morgan fingerprint density at radius 3 is 2.57 bits per heavy atom. The molecule has 1 aliphatic carbocycles. The van der Waals surface area contributed by atoms with Crippen molar-refractivity contribution in [1.29, 1.82) is 0 Å². The Morgan fingerprint density at radius 1 is 1.43 bits per heavy atom. The van der Waals surface area contributed by atoms with E-state index in [1.54, 1.807) is 6.92 Å². The van der Waals surface area contributed by atoms with E-state index in [4.69, 9.17) is 5.73 Å². The van der Waals surface area contributed by atoms with Gasteiger partial charge in [0.25, 0.3) is 0 Å². The summed E-state index contributed by atoms with van der Waals surface area (Å²) < 4.78 is 0. The maximum atomic E-state index is 11.9. The van der Waals surface area contributed by atoms with Crippen molar-refractivity contribution in [2.24, 2.45) is 11.1 Å². The molecule has 2 heteroatoms. The first-order chi connectivity index (χ1) is 6.75. The molecule has 0 aromatic heterocycles. The lowest BCUT2D eigenvalue weighted by molar-refractivity contribution is -0.127. The Morgan fingerprint density at radius 2 is 2.07 bits per heavy atom. The largest absolute Gasteiger partial charge is 0.329 e. The third-order valence-electron chi connectivity index (χ3n) is 3.20. The van der Waals surface area contributed by atoms with E-state index in [1.807, 2.05) is 0 Å². The van der Waals surface area contributed by atoms with Gasteiger partial charge in [0.2, 0.25) is 0 Å². The molecule has 2 N–H and O–H groups in total. The fraction of sp³-hybridized carbons (Fsp3) is 0.750. The molecule has 0 spiro atoms. The van der Waals surface area contributed by atoms with Crippen molar-refractivity contribution < 1.29 is 4.79 Å². The maximum absolute atomic E-state index is 11.9. The van der Waals surface area contributed by atoms with Gasteiger partial charge in [-0.25, -0.2) is 0 Å². The van der Waals surface area contributed by atoms with Gasteiger partial charge >= 0.3 is 0 Å². The van der Waals surface area contributed by atoms with E-state index < -0.39 is 0 Å². The lowest BCUT2D eigenvalue weighted by Gasteiger charge is -2.24. The maximum Gasteiger partial charge on any atom is 0.141 e. The lowest BCUT2D eigenvalue weighted by Crippen LogP contribution is -2.35. The van der Waals surface area contributed by atoms with Gasteiger partial charge in [0, 0.05) is 24.8 Å². The number of hydrogen-bond acceptors (Lipinski definition) is 2. The minimum Gasteiger partial charge on any atom is -0.329 e. The van der Waals surface area contributed by atoms with Crippen LogP contribution in [0.2, 0.25) is 0 Å². The number of Topliss-reactive ketones (excluding diaryl/α,β-unsaturated/α-hetero) is 1. The summed E-state index contributed by atoms with van der Waals surface area (Å²) in [6.07, 6.45) is 5.56. The highest BCUT2D eigenvalue weighted by Crippen LogP contribution is 2.38. The van der Waals surface area contributed by atoms with Gasteiger partial charge in [-0.15, -0.1) is 11.8 Å². The smallest absolute Gasteiger partial charge is 0.141 e. The highest BCUT2D eigenvalue weighted by molar-refractivity contribution is 5.85. The third-order valence-corrected chi connectivity index (χ3v) is 3.20. The number of carbonyl (C=O) groups excluding carboxylic acids is 1. The first-order valence-corrected chi connectivity index (χ1v) is 5.38. The van der Waals surface area contributed by atoms with Crippen molar-refractivity contribution >= 4 is 5.78 Å². The van der Waals surface area contributed by atoms with E-state index in [1.165, 1.54) is 0 Å². The van der Waals surface area contributed by atoms with Gasteiger partial charge in [0.05, 0.1) is 0 Å². The topological polar surface area (TPSA) is 43.1 Å². The molecule has 0 aromatic rings. The summed E-state index contributed by atoms with van der Waals surface area (Å²) in [5.41, 5.74) is 5.53. The van der Waals surface area contributed by atoms with Crippen molar-refractivity contribution in [2.45, 2.75) is 45.4 Å². The summed E-state index contributed by atoms with van der Waals surface area (Å²) in [6.45, 7) is 2.32. The molecule has 2 nitrogen and oxygen atoms in total. The highest BCUT2D eigenvalue weighted by Gasteiger charge is 2.38. The summed E-state index contributed by atoms with van der Waals surface area (Å²) in [7, 11) is 0. The predicted octanol–water partition coefficient (Wildman–Crippen LogP) is 1.88. The molecule has 0 atom stereocenters. The Balaban J connectivity index is 2.50. The molecule has 14 heavy (non-hydrogen) atoms. The second-order valence-electron chi connectivity index (χ2n) is 4.04. The zero-order valence-electron chi connectivity index (χ0n) is 8.94. The second kappa shape index (κ2) is 5.17. The molecule has 78 valence electrons. The summed E-state index contributed by atoms with van der Waals surface area (Å²) in [5.74, 6) is 6.08. The molecule has 0 unspecified atom stereocenters. The van der Waals surface area contributed by atoms with E-state index in [-0.39, 0.29) is 5.41 Å². The molecule has 1 saturated carbocycles. The van der Waals surface area contributed by atoms with Crippen molar-refractivity contribution in [3.8, 4) is 11.8 Å². The van der Waals surface area contributed by atoms with Gasteiger partial charge in [-0.3, -0.25) is 4.79 Å². The fourth-order valence-corrected chi connectivity index (χ4v) is 2.21. The van der Waals surface area contributed by atoms with Crippen LogP contribution in [0.4, 0.5) is 0 Å². The van der Waals surface area contributed by atoms with Gasteiger partial charge in [0.15, 0.2) is 0 Å². The van der Waals surface area contributed by atoms with Crippen molar-refractivity contribution in [1.82, 2.24) is 0 Å². The summed E-state index contributed by atoms with van der Waals surface area (Å²) in [4.78, 5) is 11.9. The van der Waals surface area contributed by atoms with E-state index in [9.17, 15) is 4.79 Å². The summed E-state index contributed by atoms with van der Waals surface area (Å²) in [5, 5.41) is 0. The molecule has 1 fully saturated rings. The monoisotopic (exact) mass is 193 g/mol. The van der Waals surface area contributed by atoms with Crippen LogP contribution in [0.3, 0.4) is 0 Å². The van der Waals surface area contributed by atoms with Crippen LogP contribution >= 0.6 is 0 Å². The second-order valence-corrected chi connectivity index (χ2v) is 4.04. The third kappa shape index (κ3) is 2.36. The SMILES string of the molecule is CC#CCCC(=O)C1(CN)CCCC1. The molecular weight excluding hydrogens is 174 g/mol. The summed E-state index contributed by atoms with van der Waals surface area (Å²) in [6, 6.07) is 0. The molecule has 0 bridgehead atoms. The van der Waals surface area contributed by atoms with Crippen LogP contribution in [0, 0.1) is 17.3 Å². The highest BCUT2D eigenvalue weighted by atomic mass is 16.1. The molecule has 0 radical (unpaired) electrons. The van der Waals surface area contributed by atoms with E-state index >= 15 is 0 Å². The number of ketones is 1. The number of rotatable bonds is 4. The van der Waals surface area contributed by atoms with E-state index in [0.717, 1.165) is 25.7 Å². The minimum absolute atomic E-state index is 0.185. The molecular formula is C12H19NO. The van der Waals surface area contributed by atoms with Gasteiger partial charge in [0.1, 0.15) is 5.78 Å². The van der Waals surface area contributed by atoms with Crippen LogP contribution in [-0.2, 0) is 4.79 Å². The van der Waals surface area contributed by atoms with Crippen LogP contribution < -0.4 is 5.73 Å². The van der Waals surface area contributed by atoms with Gasteiger partial charge in [-0.05, 0) is 19.8 Å². The van der Waals surface area contributed by atoms with Crippen molar-refractivity contribution in [2.75, 3.05) is 6.54 Å². The van der Waals surface area contributed by atoms with Crippen molar-refractivity contribution in [3.63, 3.8) is 0 Å². The van der Waals surface area contributed by atoms with Crippen molar-refractivity contribution in [3.05, 3.63) is 0 Å². The molecule has 0 amide bonds. The molecule has 0 aromatic carbocycles. The van der Waals surface area contributed by atoms with E-state index in [2.05, 4.69) is 11.8 Å². The van der Waals surface area contributed by atoms with Gasteiger partial charge < -0.3 is 5.73 Å². The summed E-state index contributed by atoms with van der Waals surface area (Å²) >= 11 is 0. The molecule has 0 saturated heterocycles. The number of hydrogen-bond donors (Lipinski definition) is 1. The Kier molecular flexibility index (Phi) is 4.16. The molecule has 1 rings (SSSR count). The van der Waals surface area contributed by atoms with Gasteiger partial charge in [-0.1, -0.05) is 12.8 Å². The average molecular weight is 193 g/mol. The average Bonchev–Trinajstić information content (AvgIpc) is 2.67. The van der Waals surface area contributed by atoms with Crippen LogP contribution in [0.25, 0.3) is 0 Å². The zero-order valence-corrected chi connectivity index (χ0v) is 8.94. The first-order valence-electron chi connectivity index (χ1n) is 5.38. The first kappa shape index (κ1) is 11.3. The fourth-order valence-electron chi connectivity index (χ4n) is 2.21. The Bertz CT molecular complexity index is 253. The van der Waals surface area contributed by atoms with Gasteiger partial charge in [-0.2, -0.15) is 0 Å². The normalized spacial score (nSPS) is 18.7. The van der Waals surface area contributed by atoms with Crippen LogP contribution in [-0.4, -0.2) is 12.3 Å². The van der Waals surface area contributed by atoms with Crippen LogP contribution in [0.5, 0.6) is 0 Å². The van der Waals surface area contributed by atoms with Crippen LogP contribution in [0.15, 0.2) is 0 Å². The minimum atomic E-state index is -0.185. The van der Waals surface area contributed by atoms with Crippen LogP contribution in [0.1, 0.15) is 45.4 Å². The number of carbonyl (C=O) groups is 1. The molecule has 0 heterocycles. The molecule has 1 aliphatic rings. The van der Waals surface area contributed by atoms with E-state index in [0.29, 0.717) is 25.2 Å². The molecule has 0 aliphatic heterocycles. The standard InChI is InChI=1S/C12H19NO/c1-2-3-4-7-11(14)12(10-13)8-5-6-9-12/h4-10,13H2,1H3. The number of nitrogens with two attached hydrogens (primary N) is 1. The quantitative estimate of drug-likeness (QED) is 0.693. The lowest BCUT2D eigenvalue weighted by atomic mass is 9.80. The Labute approximate surface area is 86.2 Å². The zero-order chi connectivity index (χ0) is 10.4. The predicted molar refractivity (Wildman–Crippen MR) is 57.6 cm³/mol.